The minimum atomic E-state index is -0.264. The second-order valence-electron chi connectivity index (χ2n) is 7.48. The van der Waals surface area contributed by atoms with E-state index >= 15 is 0 Å². The minimum Gasteiger partial charge on any atom is -0.495 e. The van der Waals surface area contributed by atoms with Crippen LogP contribution in [-0.4, -0.2) is 32.8 Å². The van der Waals surface area contributed by atoms with E-state index in [0.29, 0.717) is 36.5 Å². The van der Waals surface area contributed by atoms with Crippen LogP contribution in [0.5, 0.6) is 5.75 Å². The lowest BCUT2D eigenvalue weighted by Crippen LogP contribution is -2.22. The van der Waals surface area contributed by atoms with Crippen LogP contribution < -0.4 is 10.3 Å². The molecular formula is C26H19N3O3S3. The van der Waals surface area contributed by atoms with Crippen molar-refractivity contribution in [2.75, 3.05) is 12.9 Å². The van der Waals surface area contributed by atoms with Gasteiger partial charge in [-0.05, 0) is 36.5 Å². The zero-order valence-corrected chi connectivity index (χ0v) is 21.0. The molecule has 9 heteroatoms. The van der Waals surface area contributed by atoms with E-state index in [-0.39, 0.29) is 17.1 Å². The van der Waals surface area contributed by atoms with Crippen molar-refractivity contribution in [1.29, 1.82) is 0 Å². The predicted molar refractivity (Wildman–Crippen MR) is 143 cm³/mol. The number of carbonyl (C=O) groups is 1. The monoisotopic (exact) mass is 517 g/mol. The molecule has 174 valence electrons. The number of thiazole rings is 1. The second-order valence-corrected chi connectivity index (χ2v) is 10.1. The molecule has 5 rings (SSSR count). The van der Waals surface area contributed by atoms with Crippen LogP contribution in [0.25, 0.3) is 21.7 Å². The van der Waals surface area contributed by atoms with Gasteiger partial charge in [-0.25, -0.2) is 4.98 Å². The van der Waals surface area contributed by atoms with Crippen molar-refractivity contribution in [3.05, 3.63) is 105 Å². The first kappa shape index (κ1) is 23.2. The van der Waals surface area contributed by atoms with Crippen molar-refractivity contribution < 1.29 is 9.53 Å². The summed E-state index contributed by atoms with van der Waals surface area (Å²) in [5.74, 6) is 0.590. The van der Waals surface area contributed by atoms with Crippen LogP contribution >= 0.6 is 35.3 Å². The molecule has 0 aliphatic heterocycles. The SMILES string of the molecule is COc1ccccc1-n1c(SCC(=O)c2ccccc2)nc2c(sc(=S)n2-c2ccccc2)c1=O. The van der Waals surface area contributed by atoms with Crippen LogP contribution in [0.3, 0.4) is 0 Å². The summed E-state index contributed by atoms with van der Waals surface area (Å²) in [4.78, 5) is 31.6. The van der Waals surface area contributed by atoms with Crippen LogP contribution in [0.2, 0.25) is 0 Å². The Kier molecular flexibility index (Phi) is 6.63. The summed E-state index contributed by atoms with van der Waals surface area (Å²) in [5.41, 5.74) is 2.18. The minimum absolute atomic E-state index is 0.0539. The van der Waals surface area contributed by atoms with Gasteiger partial charge in [0.05, 0.1) is 18.6 Å². The van der Waals surface area contributed by atoms with Gasteiger partial charge in [0.15, 0.2) is 20.5 Å². The molecule has 0 saturated carbocycles. The molecule has 0 aliphatic rings. The number of hydrogen-bond donors (Lipinski definition) is 0. The molecule has 0 saturated heterocycles. The summed E-state index contributed by atoms with van der Waals surface area (Å²) >= 11 is 8.05. The predicted octanol–water partition coefficient (Wildman–Crippen LogP) is 5.95. The van der Waals surface area contributed by atoms with Crippen molar-refractivity contribution >= 4 is 51.4 Å². The zero-order valence-electron chi connectivity index (χ0n) is 18.6. The fraction of sp³-hybridized carbons (Fsp3) is 0.0769. The van der Waals surface area contributed by atoms with Gasteiger partial charge in [-0.15, -0.1) is 0 Å². The average molecular weight is 518 g/mol. The standard InChI is InChI=1S/C26H19N3O3S3/c1-32-21-15-9-8-14-19(21)29-24(31)22-23(28(26(33)35-22)18-12-6-3-7-13-18)27-25(29)34-16-20(30)17-10-4-2-5-11-17/h2-15H,16H2,1H3. The fourth-order valence-corrected chi connectivity index (χ4v) is 5.90. The smallest absolute Gasteiger partial charge is 0.278 e. The Morgan fingerprint density at radius 2 is 1.63 bits per heavy atom. The largest absolute Gasteiger partial charge is 0.495 e. The highest BCUT2D eigenvalue weighted by molar-refractivity contribution is 7.99. The maximum Gasteiger partial charge on any atom is 0.278 e. The molecule has 0 aliphatic carbocycles. The number of thioether (sulfide) groups is 1. The van der Waals surface area contributed by atoms with Crippen molar-refractivity contribution in [3.63, 3.8) is 0 Å². The number of aromatic nitrogens is 3. The van der Waals surface area contributed by atoms with E-state index in [4.69, 9.17) is 21.9 Å². The van der Waals surface area contributed by atoms with Gasteiger partial charge in [-0.3, -0.25) is 18.7 Å². The third-order valence-corrected chi connectivity index (χ3v) is 7.64. The molecule has 35 heavy (non-hydrogen) atoms. The number of fused-ring (bicyclic) bond motifs is 1. The molecule has 0 spiro atoms. The number of hydrogen-bond acceptors (Lipinski definition) is 7. The average Bonchev–Trinajstić information content (AvgIpc) is 3.24. The zero-order chi connectivity index (χ0) is 24.4. The number of methoxy groups -OCH3 is 1. The van der Waals surface area contributed by atoms with E-state index in [1.165, 1.54) is 27.7 Å². The van der Waals surface area contributed by atoms with Gasteiger partial charge in [-0.2, -0.15) is 0 Å². The summed E-state index contributed by atoms with van der Waals surface area (Å²) in [7, 11) is 1.55. The first-order valence-corrected chi connectivity index (χ1v) is 12.9. The molecule has 0 bridgehead atoms. The molecule has 0 radical (unpaired) electrons. The van der Waals surface area contributed by atoms with E-state index in [2.05, 4.69) is 0 Å². The van der Waals surface area contributed by atoms with Gasteiger partial charge >= 0.3 is 0 Å². The molecule has 5 aromatic rings. The van der Waals surface area contributed by atoms with E-state index in [9.17, 15) is 9.59 Å². The molecule has 0 fully saturated rings. The maximum atomic E-state index is 13.8. The Morgan fingerprint density at radius 3 is 2.34 bits per heavy atom. The summed E-state index contributed by atoms with van der Waals surface area (Å²) < 4.78 is 9.78. The van der Waals surface area contributed by atoms with Gasteiger partial charge in [0.1, 0.15) is 10.4 Å². The van der Waals surface area contributed by atoms with E-state index in [0.717, 1.165) is 5.69 Å². The molecule has 3 aromatic carbocycles. The van der Waals surface area contributed by atoms with Crippen LogP contribution in [0, 0.1) is 3.95 Å². The van der Waals surface area contributed by atoms with Crippen LogP contribution in [-0.2, 0) is 0 Å². The Balaban J connectivity index is 1.71. The van der Waals surface area contributed by atoms with Crippen molar-refractivity contribution in [2.24, 2.45) is 0 Å². The number of para-hydroxylation sites is 3. The van der Waals surface area contributed by atoms with E-state index < -0.39 is 0 Å². The first-order chi connectivity index (χ1) is 17.1. The topological polar surface area (TPSA) is 66.1 Å². The number of carbonyl (C=O) groups excluding carboxylic acids is 1. The Bertz CT molecular complexity index is 1640. The normalized spacial score (nSPS) is 11.0. The fourth-order valence-electron chi connectivity index (χ4n) is 3.70. The van der Waals surface area contributed by atoms with Crippen LogP contribution in [0.4, 0.5) is 0 Å². The summed E-state index contributed by atoms with van der Waals surface area (Å²) in [6, 6.07) is 25.9. The van der Waals surface area contributed by atoms with Crippen molar-refractivity contribution in [3.8, 4) is 17.1 Å². The number of nitrogens with zero attached hydrogens (tertiary/aromatic N) is 3. The quantitative estimate of drug-likeness (QED) is 0.115. The van der Waals surface area contributed by atoms with Gasteiger partial charge < -0.3 is 4.74 Å². The Labute approximate surface area is 214 Å². The molecule has 6 nitrogen and oxygen atoms in total. The summed E-state index contributed by atoms with van der Waals surface area (Å²) in [6.45, 7) is 0. The van der Waals surface area contributed by atoms with E-state index in [1.54, 1.807) is 35.9 Å². The molecule has 0 unspecified atom stereocenters. The van der Waals surface area contributed by atoms with Gasteiger partial charge in [0.2, 0.25) is 0 Å². The molecular weight excluding hydrogens is 499 g/mol. The van der Waals surface area contributed by atoms with Crippen molar-refractivity contribution in [2.45, 2.75) is 5.16 Å². The maximum absolute atomic E-state index is 13.8. The van der Waals surface area contributed by atoms with Gasteiger partial charge in [-0.1, -0.05) is 83.8 Å². The van der Waals surface area contributed by atoms with Gasteiger partial charge in [0.25, 0.3) is 5.56 Å². The summed E-state index contributed by atoms with van der Waals surface area (Å²) in [5, 5.41) is 0.383. The summed E-state index contributed by atoms with van der Waals surface area (Å²) in [6.07, 6.45) is 0. The number of ether oxygens (including phenoxy) is 1. The highest BCUT2D eigenvalue weighted by Gasteiger charge is 2.21. The number of rotatable bonds is 7. The third kappa shape index (κ3) is 4.45. The van der Waals surface area contributed by atoms with Gasteiger partial charge in [0, 0.05) is 11.3 Å². The van der Waals surface area contributed by atoms with Crippen molar-refractivity contribution in [1.82, 2.24) is 14.1 Å². The molecule has 0 N–H and O–H groups in total. The Morgan fingerprint density at radius 1 is 0.971 bits per heavy atom. The lowest BCUT2D eigenvalue weighted by Gasteiger charge is -2.15. The molecule has 0 atom stereocenters. The first-order valence-electron chi connectivity index (χ1n) is 10.7. The number of Topliss-reactive ketones (excluding diaryl/α,β-unsaturated/α-hetero) is 1. The third-order valence-electron chi connectivity index (χ3n) is 5.35. The second kappa shape index (κ2) is 9.99. The lowest BCUT2D eigenvalue weighted by molar-refractivity contribution is 0.102. The highest BCUT2D eigenvalue weighted by Crippen LogP contribution is 2.30. The van der Waals surface area contributed by atoms with Crippen LogP contribution in [0.15, 0.2) is 94.9 Å². The Hall–Kier alpha value is -3.53. The number of ketones is 1. The highest BCUT2D eigenvalue weighted by atomic mass is 32.2. The van der Waals surface area contributed by atoms with E-state index in [1.807, 2.05) is 60.7 Å². The molecule has 2 aromatic heterocycles. The number of benzene rings is 3. The molecule has 2 heterocycles. The van der Waals surface area contributed by atoms with Crippen LogP contribution in [0.1, 0.15) is 10.4 Å². The molecule has 0 amide bonds. The lowest BCUT2D eigenvalue weighted by atomic mass is 10.2.